The van der Waals surface area contributed by atoms with Gasteiger partial charge in [0.05, 0.1) is 0 Å². The number of hydrogen-bond donors (Lipinski definition) is 0. The van der Waals surface area contributed by atoms with Gasteiger partial charge in [-0.2, -0.15) is 0 Å². The number of aryl methyl sites for hydroxylation is 2. The number of benzene rings is 3. The van der Waals surface area contributed by atoms with Gasteiger partial charge < -0.3 is 0 Å². The molecule has 0 N–H and O–H groups in total. The van der Waals surface area contributed by atoms with E-state index in [0.29, 0.717) is 11.5 Å². The quantitative estimate of drug-likeness (QED) is 0.509. The molecule has 0 aliphatic heterocycles. The minimum atomic E-state index is -0.302. The zero-order valence-corrected chi connectivity index (χ0v) is 14.9. The summed E-state index contributed by atoms with van der Waals surface area (Å²) >= 11 is 0. The van der Waals surface area contributed by atoms with Gasteiger partial charge in [-0.05, 0) is 83.7 Å². The lowest BCUT2D eigenvalue weighted by atomic mass is 9.79. The van der Waals surface area contributed by atoms with Crippen LogP contribution in [-0.2, 0) is 19.3 Å². The Bertz CT molecular complexity index is 908. The maximum absolute atomic E-state index is 14.7. The zero-order valence-electron chi connectivity index (χ0n) is 14.9. The molecule has 0 heterocycles. The molecular weight excluding hydrogens is 326 g/mol. The van der Waals surface area contributed by atoms with Gasteiger partial charge in [0.2, 0.25) is 0 Å². The molecule has 0 amide bonds. The molecule has 0 fully saturated rings. The fourth-order valence-corrected chi connectivity index (χ4v) is 3.94. The SMILES string of the molecule is CCc1ccc(C2CCc3cc(-c4ccc(F)cc4)c(F)cc3C2)cc1. The number of fused-ring (bicyclic) bond motifs is 1. The molecule has 4 rings (SSSR count). The monoisotopic (exact) mass is 348 g/mol. The van der Waals surface area contributed by atoms with Crippen LogP contribution in [0.3, 0.4) is 0 Å². The number of hydrogen-bond acceptors (Lipinski definition) is 0. The topological polar surface area (TPSA) is 0 Å². The molecule has 3 aromatic rings. The van der Waals surface area contributed by atoms with E-state index in [9.17, 15) is 8.78 Å². The summed E-state index contributed by atoms with van der Waals surface area (Å²) in [5, 5.41) is 0. The molecule has 2 heteroatoms. The predicted octanol–water partition coefficient (Wildman–Crippen LogP) is 6.47. The molecule has 0 spiro atoms. The molecule has 0 aromatic heterocycles. The van der Waals surface area contributed by atoms with Crippen LogP contribution in [0.2, 0.25) is 0 Å². The van der Waals surface area contributed by atoms with Gasteiger partial charge >= 0.3 is 0 Å². The molecule has 26 heavy (non-hydrogen) atoms. The van der Waals surface area contributed by atoms with E-state index in [2.05, 4.69) is 31.2 Å². The van der Waals surface area contributed by atoms with Gasteiger partial charge in [-0.3, -0.25) is 0 Å². The fraction of sp³-hybridized carbons (Fsp3) is 0.250. The summed E-state index contributed by atoms with van der Waals surface area (Å²) in [6.07, 6.45) is 3.95. The molecule has 0 saturated carbocycles. The Hall–Kier alpha value is -2.48. The van der Waals surface area contributed by atoms with Crippen LogP contribution in [0.5, 0.6) is 0 Å². The number of rotatable bonds is 3. The molecule has 1 unspecified atom stereocenters. The van der Waals surface area contributed by atoms with Crippen molar-refractivity contribution in [2.75, 3.05) is 0 Å². The van der Waals surface area contributed by atoms with E-state index in [-0.39, 0.29) is 11.6 Å². The van der Waals surface area contributed by atoms with Gasteiger partial charge in [-0.1, -0.05) is 43.3 Å². The van der Waals surface area contributed by atoms with Crippen LogP contribution in [0.15, 0.2) is 60.7 Å². The third kappa shape index (κ3) is 3.29. The lowest BCUT2D eigenvalue weighted by Gasteiger charge is -2.26. The molecule has 132 valence electrons. The first-order valence-electron chi connectivity index (χ1n) is 9.30. The molecule has 0 saturated heterocycles. The maximum atomic E-state index is 14.7. The second kappa shape index (κ2) is 7.03. The average Bonchev–Trinajstić information content (AvgIpc) is 2.68. The van der Waals surface area contributed by atoms with E-state index in [1.54, 1.807) is 18.2 Å². The fourth-order valence-electron chi connectivity index (χ4n) is 3.94. The first-order valence-corrected chi connectivity index (χ1v) is 9.30. The molecule has 3 aromatic carbocycles. The summed E-state index contributed by atoms with van der Waals surface area (Å²) in [6.45, 7) is 2.16. The minimum absolute atomic E-state index is 0.225. The average molecular weight is 348 g/mol. The Kier molecular flexibility index (Phi) is 4.58. The van der Waals surface area contributed by atoms with Crippen LogP contribution in [-0.4, -0.2) is 0 Å². The van der Waals surface area contributed by atoms with Crippen molar-refractivity contribution in [3.8, 4) is 11.1 Å². The van der Waals surface area contributed by atoms with E-state index in [0.717, 1.165) is 36.8 Å². The van der Waals surface area contributed by atoms with Crippen molar-refractivity contribution in [2.45, 2.75) is 38.5 Å². The van der Waals surface area contributed by atoms with Gasteiger partial charge in [0.25, 0.3) is 0 Å². The van der Waals surface area contributed by atoms with E-state index in [1.807, 2.05) is 6.07 Å². The van der Waals surface area contributed by atoms with Gasteiger partial charge in [0.15, 0.2) is 0 Å². The van der Waals surface area contributed by atoms with Crippen LogP contribution in [0.1, 0.15) is 41.5 Å². The van der Waals surface area contributed by atoms with Crippen LogP contribution >= 0.6 is 0 Å². The molecular formula is C24H22F2. The Balaban J connectivity index is 1.62. The summed E-state index contributed by atoms with van der Waals surface area (Å²) in [6, 6.07) is 18.5. The third-order valence-corrected chi connectivity index (χ3v) is 5.53. The van der Waals surface area contributed by atoms with Gasteiger partial charge in [-0.15, -0.1) is 0 Å². The van der Waals surface area contributed by atoms with Crippen molar-refractivity contribution < 1.29 is 8.78 Å². The highest BCUT2D eigenvalue weighted by molar-refractivity contribution is 5.66. The molecule has 1 atom stereocenters. The predicted molar refractivity (Wildman–Crippen MR) is 102 cm³/mol. The van der Waals surface area contributed by atoms with E-state index >= 15 is 0 Å². The Morgan fingerprint density at radius 2 is 1.62 bits per heavy atom. The molecule has 1 aliphatic rings. The second-order valence-corrected chi connectivity index (χ2v) is 7.14. The lowest BCUT2D eigenvalue weighted by Crippen LogP contribution is -2.13. The summed E-state index contributed by atoms with van der Waals surface area (Å²) in [5.41, 5.74) is 6.30. The largest absolute Gasteiger partial charge is 0.207 e. The molecule has 1 aliphatic carbocycles. The number of halogens is 2. The van der Waals surface area contributed by atoms with Crippen molar-refractivity contribution in [1.29, 1.82) is 0 Å². The summed E-state index contributed by atoms with van der Waals surface area (Å²) in [7, 11) is 0. The van der Waals surface area contributed by atoms with Crippen molar-refractivity contribution in [2.24, 2.45) is 0 Å². The highest BCUT2D eigenvalue weighted by Crippen LogP contribution is 2.36. The van der Waals surface area contributed by atoms with Crippen molar-refractivity contribution in [3.05, 3.63) is 94.6 Å². The van der Waals surface area contributed by atoms with E-state index in [4.69, 9.17) is 0 Å². The third-order valence-electron chi connectivity index (χ3n) is 5.53. The molecule has 0 nitrogen and oxygen atoms in total. The van der Waals surface area contributed by atoms with Crippen LogP contribution in [0, 0.1) is 11.6 Å². The Labute approximate surface area is 153 Å². The highest BCUT2D eigenvalue weighted by atomic mass is 19.1. The molecule has 0 bridgehead atoms. The summed E-state index contributed by atoms with van der Waals surface area (Å²) in [5.74, 6) is -0.0779. The van der Waals surface area contributed by atoms with Crippen LogP contribution < -0.4 is 0 Å². The lowest BCUT2D eigenvalue weighted by molar-refractivity contribution is 0.573. The van der Waals surface area contributed by atoms with Gasteiger partial charge in [0.1, 0.15) is 11.6 Å². The van der Waals surface area contributed by atoms with E-state index < -0.39 is 0 Å². The highest BCUT2D eigenvalue weighted by Gasteiger charge is 2.22. The van der Waals surface area contributed by atoms with Crippen molar-refractivity contribution in [1.82, 2.24) is 0 Å². The van der Waals surface area contributed by atoms with Crippen LogP contribution in [0.4, 0.5) is 8.78 Å². The second-order valence-electron chi connectivity index (χ2n) is 7.14. The zero-order chi connectivity index (χ0) is 18.1. The smallest absolute Gasteiger partial charge is 0.131 e. The van der Waals surface area contributed by atoms with E-state index in [1.165, 1.54) is 28.8 Å². The standard InChI is InChI=1S/C24H22F2/c1-2-16-3-5-17(6-4-16)19-7-8-20-14-23(24(26)15-21(20)13-19)18-9-11-22(25)12-10-18/h3-6,9-12,14-15,19H,2,7-8,13H2,1H3. The molecule has 0 radical (unpaired) electrons. The Morgan fingerprint density at radius 1 is 0.885 bits per heavy atom. The van der Waals surface area contributed by atoms with Crippen LogP contribution in [0.25, 0.3) is 11.1 Å². The van der Waals surface area contributed by atoms with Gasteiger partial charge in [0, 0.05) is 5.56 Å². The van der Waals surface area contributed by atoms with Crippen molar-refractivity contribution >= 4 is 0 Å². The maximum Gasteiger partial charge on any atom is 0.131 e. The summed E-state index contributed by atoms with van der Waals surface area (Å²) in [4.78, 5) is 0. The first-order chi connectivity index (χ1) is 12.6. The normalized spacial score (nSPS) is 16.3. The van der Waals surface area contributed by atoms with Gasteiger partial charge in [-0.25, -0.2) is 8.78 Å². The minimum Gasteiger partial charge on any atom is -0.207 e. The summed E-state index contributed by atoms with van der Waals surface area (Å²) < 4.78 is 27.8. The first kappa shape index (κ1) is 17.0. The van der Waals surface area contributed by atoms with Crippen molar-refractivity contribution in [3.63, 3.8) is 0 Å². The Morgan fingerprint density at radius 3 is 2.31 bits per heavy atom.